The number of carbonyl (C=O) groups is 2. The predicted molar refractivity (Wildman–Crippen MR) is 110 cm³/mol. The lowest BCUT2D eigenvalue weighted by Gasteiger charge is -2.16. The number of carbonyl (C=O) groups excluding carboxylic acids is 2. The number of amides is 1. The summed E-state index contributed by atoms with van der Waals surface area (Å²) in [7, 11) is 4.33. The largest absolute Gasteiger partial charge is 0.493 e. The summed E-state index contributed by atoms with van der Waals surface area (Å²) in [5, 5.41) is 2.81. The van der Waals surface area contributed by atoms with Gasteiger partial charge in [-0.1, -0.05) is 32.0 Å². The standard InChI is InChI=1S/C22H27NO6/c1-6-14(2)15-9-7-8-10-17(15)23-19(24)13-29-22(25)16-11-12-18(26-3)21(28-5)20(16)27-4/h7-12,14H,6,13H2,1-5H3,(H,23,24). The number of esters is 1. The van der Waals surface area contributed by atoms with E-state index in [-0.39, 0.29) is 17.1 Å². The van der Waals surface area contributed by atoms with Crippen molar-refractivity contribution in [3.8, 4) is 17.2 Å². The van der Waals surface area contributed by atoms with E-state index in [1.807, 2.05) is 24.3 Å². The summed E-state index contributed by atoms with van der Waals surface area (Å²) < 4.78 is 20.9. The summed E-state index contributed by atoms with van der Waals surface area (Å²) in [4.78, 5) is 24.8. The highest BCUT2D eigenvalue weighted by molar-refractivity contribution is 5.98. The number of benzene rings is 2. The van der Waals surface area contributed by atoms with Crippen LogP contribution in [0.4, 0.5) is 5.69 Å². The monoisotopic (exact) mass is 401 g/mol. The van der Waals surface area contributed by atoms with Crippen molar-refractivity contribution in [3.63, 3.8) is 0 Å². The zero-order valence-electron chi connectivity index (χ0n) is 17.4. The molecule has 0 fully saturated rings. The minimum atomic E-state index is -0.701. The Morgan fingerprint density at radius 1 is 0.966 bits per heavy atom. The molecule has 0 bridgehead atoms. The van der Waals surface area contributed by atoms with Gasteiger partial charge in [0.15, 0.2) is 18.1 Å². The van der Waals surface area contributed by atoms with Crippen LogP contribution in [-0.4, -0.2) is 39.8 Å². The molecule has 0 saturated heterocycles. The van der Waals surface area contributed by atoms with Crippen molar-refractivity contribution in [2.24, 2.45) is 0 Å². The van der Waals surface area contributed by atoms with E-state index in [9.17, 15) is 9.59 Å². The molecule has 1 N–H and O–H groups in total. The van der Waals surface area contributed by atoms with Crippen molar-refractivity contribution in [2.45, 2.75) is 26.2 Å². The molecule has 1 amide bonds. The van der Waals surface area contributed by atoms with Crippen LogP contribution < -0.4 is 19.5 Å². The molecule has 0 radical (unpaired) electrons. The van der Waals surface area contributed by atoms with Crippen molar-refractivity contribution in [1.29, 1.82) is 0 Å². The average Bonchev–Trinajstić information content (AvgIpc) is 2.75. The molecule has 2 rings (SSSR count). The molecule has 0 spiro atoms. The lowest BCUT2D eigenvalue weighted by molar-refractivity contribution is -0.119. The van der Waals surface area contributed by atoms with Crippen LogP contribution in [0, 0.1) is 0 Å². The summed E-state index contributed by atoms with van der Waals surface area (Å²) in [6, 6.07) is 10.7. The molecule has 156 valence electrons. The molecular weight excluding hydrogens is 374 g/mol. The highest BCUT2D eigenvalue weighted by atomic mass is 16.5. The third-order valence-electron chi connectivity index (χ3n) is 4.64. The van der Waals surface area contributed by atoms with Gasteiger partial charge in [-0.2, -0.15) is 0 Å². The van der Waals surface area contributed by atoms with Crippen LogP contribution in [0.1, 0.15) is 42.1 Å². The first-order valence-electron chi connectivity index (χ1n) is 9.31. The summed E-state index contributed by atoms with van der Waals surface area (Å²) in [6.07, 6.45) is 0.945. The van der Waals surface area contributed by atoms with Gasteiger partial charge in [0.05, 0.1) is 21.3 Å². The summed E-state index contributed by atoms with van der Waals surface area (Å²) in [5.74, 6) is 0.0443. The molecular formula is C22H27NO6. The van der Waals surface area contributed by atoms with E-state index in [0.29, 0.717) is 17.4 Å². The van der Waals surface area contributed by atoms with Crippen LogP contribution in [0.2, 0.25) is 0 Å². The minimum absolute atomic E-state index is 0.137. The van der Waals surface area contributed by atoms with Gasteiger partial charge < -0.3 is 24.3 Å². The molecule has 1 unspecified atom stereocenters. The van der Waals surface area contributed by atoms with Crippen LogP contribution in [0.25, 0.3) is 0 Å². The van der Waals surface area contributed by atoms with Gasteiger partial charge in [-0.15, -0.1) is 0 Å². The molecule has 0 aliphatic rings. The summed E-state index contributed by atoms with van der Waals surface area (Å²) >= 11 is 0. The number of hydrogen-bond acceptors (Lipinski definition) is 6. The van der Waals surface area contributed by atoms with Crippen molar-refractivity contribution >= 4 is 17.6 Å². The molecule has 0 saturated carbocycles. The van der Waals surface area contributed by atoms with Crippen LogP contribution in [0.5, 0.6) is 17.2 Å². The second-order valence-electron chi connectivity index (χ2n) is 6.40. The smallest absolute Gasteiger partial charge is 0.342 e. The second-order valence-corrected chi connectivity index (χ2v) is 6.40. The Labute approximate surface area is 170 Å². The van der Waals surface area contributed by atoms with E-state index in [2.05, 4.69) is 19.2 Å². The molecule has 7 heteroatoms. The lowest BCUT2D eigenvalue weighted by Crippen LogP contribution is -2.22. The van der Waals surface area contributed by atoms with Gasteiger partial charge in [-0.3, -0.25) is 4.79 Å². The topological polar surface area (TPSA) is 83.1 Å². The normalized spacial score (nSPS) is 11.3. The van der Waals surface area contributed by atoms with Crippen molar-refractivity contribution in [1.82, 2.24) is 0 Å². The van der Waals surface area contributed by atoms with Crippen LogP contribution >= 0.6 is 0 Å². The van der Waals surface area contributed by atoms with Crippen LogP contribution in [0.15, 0.2) is 36.4 Å². The fraction of sp³-hybridized carbons (Fsp3) is 0.364. The van der Waals surface area contributed by atoms with Crippen molar-refractivity contribution in [3.05, 3.63) is 47.5 Å². The number of methoxy groups -OCH3 is 3. The Balaban J connectivity index is 2.09. The molecule has 1 atom stereocenters. The number of rotatable bonds is 9. The highest BCUT2D eigenvalue weighted by Crippen LogP contribution is 2.40. The minimum Gasteiger partial charge on any atom is -0.493 e. The maximum Gasteiger partial charge on any atom is 0.342 e. The quantitative estimate of drug-likeness (QED) is 0.639. The van der Waals surface area contributed by atoms with Gasteiger partial charge in [-0.25, -0.2) is 4.79 Å². The third-order valence-corrected chi connectivity index (χ3v) is 4.64. The first-order valence-corrected chi connectivity index (χ1v) is 9.31. The number of anilines is 1. The molecule has 29 heavy (non-hydrogen) atoms. The third kappa shape index (κ3) is 5.19. The van der Waals surface area contributed by atoms with E-state index in [4.69, 9.17) is 18.9 Å². The van der Waals surface area contributed by atoms with Gasteiger partial charge in [0, 0.05) is 5.69 Å². The number of hydrogen-bond donors (Lipinski definition) is 1. The molecule has 0 aliphatic heterocycles. The Bertz CT molecular complexity index is 864. The SMILES string of the molecule is CCC(C)c1ccccc1NC(=O)COC(=O)c1ccc(OC)c(OC)c1OC. The fourth-order valence-electron chi connectivity index (χ4n) is 2.92. The van der Waals surface area contributed by atoms with Crippen molar-refractivity contribution in [2.75, 3.05) is 33.3 Å². The average molecular weight is 401 g/mol. The van der Waals surface area contributed by atoms with Gasteiger partial charge in [0.1, 0.15) is 5.56 Å². The van der Waals surface area contributed by atoms with E-state index < -0.39 is 18.5 Å². The molecule has 0 aromatic heterocycles. The van der Waals surface area contributed by atoms with Crippen LogP contribution in [-0.2, 0) is 9.53 Å². The molecule has 0 heterocycles. The Kier molecular flexibility index (Phi) is 7.88. The molecule has 2 aromatic rings. The number of ether oxygens (including phenoxy) is 4. The lowest BCUT2D eigenvalue weighted by atomic mass is 9.97. The predicted octanol–water partition coefficient (Wildman–Crippen LogP) is 4.02. The van der Waals surface area contributed by atoms with Gasteiger partial charge in [0.25, 0.3) is 5.91 Å². The Morgan fingerprint density at radius 3 is 2.28 bits per heavy atom. The number of para-hydroxylation sites is 1. The van der Waals surface area contributed by atoms with E-state index in [0.717, 1.165) is 12.0 Å². The molecule has 2 aromatic carbocycles. The highest BCUT2D eigenvalue weighted by Gasteiger charge is 2.22. The second kappa shape index (κ2) is 10.4. The Hall–Kier alpha value is -3.22. The van der Waals surface area contributed by atoms with Crippen molar-refractivity contribution < 1.29 is 28.5 Å². The Morgan fingerprint density at radius 2 is 1.66 bits per heavy atom. The summed E-state index contributed by atoms with van der Waals surface area (Å²) in [6.45, 7) is 3.75. The summed E-state index contributed by atoms with van der Waals surface area (Å²) in [5.41, 5.74) is 1.89. The first-order chi connectivity index (χ1) is 14.0. The van der Waals surface area contributed by atoms with E-state index in [1.54, 1.807) is 6.07 Å². The van der Waals surface area contributed by atoms with E-state index >= 15 is 0 Å². The molecule has 0 aliphatic carbocycles. The maximum atomic E-state index is 12.5. The van der Waals surface area contributed by atoms with Gasteiger partial charge in [-0.05, 0) is 36.1 Å². The molecule has 7 nitrogen and oxygen atoms in total. The first kappa shape index (κ1) is 22.1. The van der Waals surface area contributed by atoms with Gasteiger partial charge >= 0.3 is 5.97 Å². The maximum absolute atomic E-state index is 12.5. The zero-order chi connectivity index (χ0) is 21.4. The van der Waals surface area contributed by atoms with E-state index in [1.165, 1.54) is 27.4 Å². The van der Waals surface area contributed by atoms with Crippen LogP contribution in [0.3, 0.4) is 0 Å². The fourth-order valence-corrected chi connectivity index (χ4v) is 2.92. The number of nitrogens with one attached hydrogen (secondary N) is 1. The zero-order valence-corrected chi connectivity index (χ0v) is 17.4. The van der Waals surface area contributed by atoms with Gasteiger partial charge in [0.2, 0.25) is 5.75 Å².